The highest BCUT2D eigenvalue weighted by Gasteiger charge is 2.43. The highest BCUT2D eigenvalue weighted by molar-refractivity contribution is 5.69. The van der Waals surface area contributed by atoms with Crippen molar-refractivity contribution in [1.82, 2.24) is 4.98 Å². The molecule has 1 saturated carbocycles. The van der Waals surface area contributed by atoms with E-state index in [4.69, 9.17) is 4.74 Å². The zero-order valence-corrected chi connectivity index (χ0v) is 19.2. The fourth-order valence-corrected chi connectivity index (χ4v) is 5.33. The number of carboxylic acids is 1. The molecule has 7 atom stereocenters. The smallest absolute Gasteiger partial charge is 0.306 e. The second-order valence-electron chi connectivity index (χ2n) is 9.61. The van der Waals surface area contributed by atoms with Crippen LogP contribution in [0.1, 0.15) is 63.9 Å². The van der Waals surface area contributed by atoms with Crippen molar-refractivity contribution < 1.29 is 24.9 Å². The number of carboxylic acid groups (broad SMARTS) is 1. The number of aryl methyl sites for hydroxylation is 1. The predicted octanol–water partition coefficient (Wildman–Crippen LogP) is 4.00. The number of aliphatic carboxylic acids is 1. The van der Waals surface area contributed by atoms with Gasteiger partial charge in [-0.2, -0.15) is 0 Å². The molecule has 0 bridgehead atoms. The molecule has 32 heavy (non-hydrogen) atoms. The van der Waals surface area contributed by atoms with Crippen molar-refractivity contribution in [3.05, 3.63) is 42.2 Å². The molecule has 0 radical (unpaired) electrons. The van der Waals surface area contributed by atoms with Gasteiger partial charge in [0.1, 0.15) is 0 Å². The van der Waals surface area contributed by atoms with Crippen LogP contribution in [0.2, 0.25) is 0 Å². The third kappa shape index (κ3) is 7.12. The first kappa shape index (κ1) is 24.9. The first-order valence-electron chi connectivity index (χ1n) is 12.3. The Morgan fingerprint density at radius 1 is 1.31 bits per heavy atom. The van der Waals surface area contributed by atoms with Gasteiger partial charge < -0.3 is 20.1 Å². The van der Waals surface area contributed by atoms with E-state index < -0.39 is 18.2 Å². The van der Waals surface area contributed by atoms with E-state index in [0.29, 0.717) is 31.8 Å². The van der Waals surface area contributed by atoms with Crippen LogP contribution in [0.15, 0.2) is 36.7 Å². The SMILES string of the molecule is CCCC(CC[C@@H]1CC[C@@H]2[C@@H](/C=C/C(O)CCc3cccnc3)[C@H](O)C[C@@H]2OC1)C(=O)O. The quantitative estimate of drug-likeness (QED) is 0.445. The number of hydrogen-bond donors (Lipinski definition) is 3. The van der Waals surface area contributed by atoms with Crippen LogP contribution in [0, 0.1) is 23.7 Å². The Balaban J connectivity index is 1.49. The molecule has 1 aromatic heterocycles. The van der Waals surface area contributed by atoms with E-state index >= 15 is 0 Å². The average Bonchev–Trinajstić information content (AvgIpc) is 2.95. The lowest BCUT2D eigenvalue weighted by molar-refractivity contribution is -0.142. The maximum Gasteiger partial charge on any atom is 0.306 e. The Hall–Kier alpha value is -1.76. The summed E-state index contributed by atoms with van der Waals surface area (Å²) in [5.74, 6) is -0.311. The van der Waals surface area contributed by atoms with Gasteiger partial charge in [0.05, 0.1) is 24.2 Å². The molecule has 0 aromatic carbocycles. The normalized spacial score (nSPS) is 30.0. The number of aliphatic hydroxyl groups is 2. The minimum atomic E-state index is -0.686. The van der Waals surface area contributed by atoms with Crippen molar-refractivity contribution >= 4 is 5.97 Å². The Labute approximate surface area is 191 Å². The van der Waals surface area contributed by atoms with Crippen molar-refractivity contribution in [1.29, 1.82) is 0 Å². The summed E-state index contributed by atoms with van der Waals surface area (Å²) >= 11 is 0. The summed E-state index contributed by atoms with van der Waals surface area (Å²) in [7, 11) is 0. The Bertz CT molecular complexity index is 724. The molecule has 1 aliphatic carbocycles. The molecule has 2 aliphatic rings. The lowest BCUT2D eigenvalue weighted by Crippen LogP contribution is -2.21. The lowest BCUT2D eigenvalue weighted by atomic mass is 9.85. The van der Waals surface area contributed by atoms with Crippen molar-refractivity contribution in [3.63, 3.8) is 0 Å². The van der Waals surface area contributed by atoms with Gasteiger partial charge in [0, 0.05) is 31.3 Å². The summed E-state index contributed by atoms with van der Waals surface area (Å²) in [5.41, 5.74) is 1.10. The van der Waals surface area contributed by atoms with Gasteiger partial charge in [0.2, 0.25) is 0 Å². The van der Waals surface area contributed by atoms with Crippen LogP contribution >= 0.6 is 0 Å². The van der Waals surface area contributed by atoms with Crippen molar-refractivity contribution in [3.8, 4) is 0 Å². The van der Waals surface area contributed by atoms with Crippen molar-refractivity contribution in [2.45, 2.75) is 83.0 Å². The molecule has 2 fully saturated rings. The maximum absolute atomic E-state index is 11.4. The van der Waals surface area contributed by atoms with E-state index in [1.807, 2.05) is 37.4 Å². The fourth-order valence-electron chi connectivity index (χ4n) is 5.33. The number of rotatable bonds is 11. The first-order chi connectivity index (χ1) is 15.5. The minimum Gasteiger partial charge on any atom is -0.481 e. The highest BCUT2D eigenvalue weighted by Crippen LogP contribution is 2.42. The van der Waals surface area contributed by atoms with E-state index in [1.165, 1.54) is 0 Å². The van der Waals surface area contributed by atoms with Gasteiger partial charge in [-0.3, -0.25) is 9.78 Å². The third-order valence-electron chi connectivity index (χ3n) is 7.26. The second kappa shape index (κ2) is 12.5. The summed E-state index contributed by atoms with van der Waals surface area (Å²) in [6, 6.07) is 3.91. The van der Waals surface area contributed by atoms with Crippen molar-refractivity contribution in [2.75, 3.05) is 6.61 Å². The monoisotopic (exact) mass is 445 g/mol. The van der Waals surface area contributed by atoms with Crippen LogP contribution in [0.3, 0.4) is 0 Å². The summed E-state index contributed by atoms with van der Waals surface area (Å²) in [6.45, 7) is 2.68. The first-order valence-corrected chi connectivity index (χ1v) is 12.3. The zero-order valence-electron chi connectivity index (χ0n) is 19.2. The molecule has 2 unspecified atom stereocenters. The molecule has 1 aromatic rings. The van der Waals surface area contributed by atoms with Crippen LogP contribution in [-0.2, 0) is 16.0 Å². The largest absolute Gasteiger partial charge is 0.481 e. The van der Waals surface area contributed by atoms with Crippen LogP contribution in [0.5, 0.6) is 0 Å². The minimum absolute atomic E-state index is 0.00125. The number of nitrogens with zero attached hydrogens (tertiary/aromatic N) is 1. The molecule has 0 spiro atoms. The molecule has 6 heteroatoms. The number of pyridine rings is 1. The predicted molar refractivity (Wildman–Crippen MR) is 123 cm³/mol. The van der Waals surface area contributed by atoms with Gasteiger partial charge in [-0.15, -0.1) is 0 Å². The number of ether oxygens (including phenoxy) is 1. The lowest BCUT2D eigenvalue weighted by Gasteiger charge is -2.21. The highest BCUT2D eigenvalue weighted by atomic mass is 16.5. The fraction of sp³-hybridized carbons (Fsp3) is 0.692. The Morgan fingerprint density at radius 2 is 2.16 bits per heavy atom. The van der Waals surface area contributed by atoms with Gasteiger partial charge in [-0.05, 0) is 68.4 Å². The zero-order chi connectivity index (χ0) is 22.9. The summed E-state index contributed by atoms with van der Waals surface area (Å²) in [4.78, 5) is 15.5. The van der Waals surface area contributed by atoms with Crippen LogP contribution in [-0.4, -0.2) is 51.2 Å². The van der Waals surface area contributed by atoms with Crippen LogP contribution in [0.25, 0.3) is 0 Å². The number of carbonyl (C=O) groups is 1. The molecule has 0 amide bonds. The van der Waals surface area contributed by atoms with Gasteiger partial charge in [0.25, 0.3) is 0 Å². The third-order valence-corrected chi connectivity index (χ3v) is 7.26. The topological polar surface area (TPSA) is 99.9 Å². The van der Waals surface area contributed by atoms with Gasteiger partial charge in [-0.1, -0.05) is 31.6 Å². The maximum atomic E-state index is 11.4. The van der Waals surface area contributed by atoms with E-state index in [2.05, 4.69) is 4.98 Å². The Morgan fingerprint density at radius 3 is 2.88 bits per heavy atom. The number of aromatic nitrogens is 1. The van der Waals surface area contributed by atoms with Crippen LogP contribution in [0.4, 0.5) is 0 Å². The van der Waals surface area contributed by atoms with Gasteiger partial charge in [0.15, 0.2) is 0 Å². The molecular formula is C26H39NO5. The second-order valence-corrected chi connectivity index (χ2v) is 9.61. The molecular weight excluding hydrogens is 406 g/mol. The summed E-state index contributed by atoms with van der Waals surface area (Å²) in [6.07, 6.45) is 13.6. The van der Waals surface area contributed by atoms with E-state index in [1.54, 1.807) is 6.20 Å². The van der Waals surface area contributed by atoms with E-state index in [9.17, 15) is 20.1 Å². The van der Waals surface area contributed by atoms with Gasteiger partial charge in [-0.25, -0.2) is 0 Å². The number of fused-ring (bicyclic) bond motifs is 1. The molecule has 2 heterocycles. The number of aliphatic hydroxyl groups excluding tert-OH is 2. The molecule has 1 aliphatic heterocycles. The molecule has 178 valence electrons. The van der Waals surface area contributed by atoms with E-state index in [0.717, 1.165) is 44.1 Å². The summed E-state index contributed by atoms with van der Waals surface area (Å²) in [5, 5.41) is 30.4. The Kier molecular flexibility index (Phi) is 9.69. The van der Waals surface area contributed by atoms with Crippen molar-refractivity contribution in [2.24, 2.45) is 23.7 Å². The standard InChI is InChI=1S/C26H39NO5/c1-2-4-20(26(30)31)9-6-19-8-12-23-22(24(29)15-25(23)32-17-19)13-11-21(28)10-7-18-5-3-14-27-16-18/h3,5,11,13-14,16,19-25,28-29H,2,4,6-10,12,15,17H2,1H3,(H,30,31)/b13-11+/t19-,20?,21?,22-,23-,24-,25+/m1/s1. The average molecular weight is 446 g/mol. The van der Waals surface area contributed by atoms with E-state index in [-0.39, 0.29) is 23.9 Å². The molecule has 1 saturated heterocycles. The van der Waals surface area contributed by atoms with Gasteiger partial charge >= 0.3 is 5.97 Å². The molecule has 3 N–H and O–H groups in total. The molecule has 3 rings (SSSR count). The van der Waals surface area contributed by atoms with Crippen LogP contribution < -0.4 is 0 Å². The summed E-state index contributed by atoms with van der Waals surface area (Å²) < 4.78 is 6.19. The number of hydrogen-bond acceptors (Lipinski definition) is 5. The molecule has 6 nitrogen and oxygen atoms in total.